The summed E-state index contributed by atoms with van der Waals surface area (Å²) in [6, 6.07) is 20.5. The summed E-state index contributed by atoms with van der Waals surface area (Å²) in [7, 11) is 0. The fourth-order valence-corrected chi connectivity index (χ4v) is 4.75. The molecule has 4 nitrogen and oxygen atoms in total. The smallest absolute Gasteiger partial charge is 0.170 e. The first-order chi connectivity index (χ1) is 15.5. The maximum atomic E-state index is 6.12. The summed E-state index contributed by atoms with van der Waals surface area (Å²) >= 11 is 11.7. The Morgan fingerprint density at radius 1 is 1.00 bits per heavy atom. The predicted octanol–water partition coefficient (Wildman–Crippen LogP) is 6.98. The number of thiocarbonyl (C=S) groups is 1. The molecule has 0 unspecified atom stereocenters. The van der Waals surface area contributed by atoms with Gasteiger partial charge in [0.15, 0.2) is 5.11 Å². The van der Waals surface area contributed by atoms with Crippen molar-refractivity contribution in [2.75, 3.05) is 17.2 Å². The molecule has 1 aliphatic carbocycles. The highest BCUT2D eigenvalue weighted by molar-refractivity contribution is 7.80. The van der Waals surface area contributed by atoms with Crippen LogP contribution in [0, 0.1) is 6.92 Å². The van der Waals surface area contributed by atoms with Crippen LogP contribution in [0.25, 0.3) is 0 Å². The summed E-state index contributed by atoms with van der Waals surface area (Å²) in [5, 5.41) is 11.4. The topological polar surface area (TPSA) is 49.0 Å². The van der Waals surface area contributed by atoms with Crippen molar-refractivity contribution in [1.82, 2.24) is 10.3 Å². The quantitative estimate of drug-likeness (QED) is 0.343. The molecule has 6 heteroatoms. The summed E-state index contributed by atoms with van der Waals surface area (Å²) in [6.07, 6.45) is 7.89. The van der Waals surface area contributed by atoms with Gasteiger partial charge in [0.1, 0.15) is 5.82 Å². The van der Waals surface area contributed by atoms with E-state index in [-0.39, 0.29) is 5.41 Å². The van der Waals surface area contributed by atoms with Crippen LogP contribution in [-0.4, -0.2) is 16.6 Å². The van der Waals surface area contributed by atoms with Gasteiger partial charge in [0.05, 0.1) is 11.9 Å². The number of hydrogen-bond acceptors (Lipinski definition) is 3. The second-order valence-corrected chi connectivity index (χ2v) is 9.43. The van der Waals surface area contributed by atoms with E-state index < -0.39 is 0 Å². The number of hydrogen-bond donors (Lipinski definition) is 3. The van der Waals surface area contributed by atoms with Gasteiger partial charge in [-0.2, -0.15) is 0 Å². The normalized spacial score (nSPS) is 15.1. The third kappa shape index (κ3) is 5.78. The zero-order chi connectivity index (χ0) is 22.4. The third-order valence-electron chi connectivity index (χ3n) is 6.17. The Labute approximate surface area is 200 Å². The summed E-state index contributed by atoms with van der Waals surface area (Å²) in [5.74, 6) is 0.795. The Kier molecular flexibility index (Phi) is 7.28. The van der Waals surface area contributed by atoms with E-state index in [4.69, 9.17) is 23.8 Å². The van der Waals surface area contributed by atoms with E-state index in [0.717, 1.165) is 41.6 Å². The highest BCUT2D eigenvalue weighted by Gasteiger charge is 2.33. The van der Waals surface area contributed by atoms with Gasteiger partial charge in [-0.05, 0) is 79.5 Å². The fourth-order valence-electron chi connectivity index (χ4n) is 4.44. The van der Waals surface area contributed by atoms with Gasteiger partial charge in [0, 0.05) is 22.7 Å². The van der Waals surface area contributed by atoms with Gasteiger partial charge < -0.3 is 16.0 Å². The van der Waals surface area contributed by atoms with Gasteiger partial charge in [-0.3, -0.25) is 0 Å². The second kappa shape index (κ2) is 10.3. The molecule has 2 aromatic carbocycles. The maximum absolute atomic E-state index is 6.12. The van der Waals surface area contributed by atoms with Crippen LogP contribution in [0.15, 0.2) is 66.9 Å². The zero-order valence-electron chi connectivity index (χ0n) is 18.3. The van der Waals surface area contributed by atoms with E-state index in [1.54, 1.807) is 6.20 Å². The number of rotatable bonds is 6. The molecule has 0 saturated heterocycles. The lowest BCUT2D eigenvalue weighted by molar-refractivity contribution is 0.292. The first-order valence-corrected chi connectivity index (χ1v) is 11.9. The van der Waals surface area contributed by atoms with Crippen LogP contribution in [0.4, 0.5) is 17.2 Å². The van der Waals surface area contributed by atoms with Crippen LogP contribution in [0.2, 0.25) is 5.02 Å². The molecule has 0 bridgehead atoms. The SMILES string of the molecule is Cc1cccc(Nc2ccc(NC(=S)NCC3(c4ccc(Cl)cc4)CCCCC3)cn2)c1. The van der Waals surface area contributed by atoms with Gasteiger partial charge >= 0.3 is 0 Å². The lowest BCUT2D eigenvalue weighted by atomic mass is 9.69. The number of anilines is 3. The molecule has 4 rings (SSSR count). The van der Waals surface area contributed by atoms with Crippen LogP contribution >= 0.6 is 23.8 Å². The van der Waals surface area contributed by atoms with E-state index in [2.05, 4.69) is 52.1 Å². The number of pyridine rings is 1. The maximum Gasteiger partial charge on any atom is 0.170 e. The van der Waals surface area contributed by atoms with Gasteiger partial charge in [-0.15, -0.1) is 0 Å². The zero-order valence-corrected chi connectivity index (χ0v) is 19.9. The van der Waals surface area contributed by atoms with Crippen molar-refractivity contribution >= 4 is 46.1 Å². The molecule has 1 fully saturated rings. The molecule has 3 N–H and O–H groups in total. The van der Waals surface area contributed by atoms with Crippen molar-refractivity contribution < 1.29 is 0 Å². The van der Waals surface area contributed by atoms with Crippen molar-refractivity contribution in [3.63, 3.8) is 0 Å². The number of nitrogens with zero attached hydrogens (tertiary/aromatic N) is 1. The number of aromatic nitrogens is 1. The minimum absolute atomic E-state index is 0.0917. The number of nitrogens with one attached hydrogen (secondary N) is 3. The number of aryl methyl sites for hydroxylation is 1. The van der Waals surface area contributed by atoms with Crippen molar-refractivity contribution in [3.8, 4) is 0 Å². The van der Waals surface area contributed by atoms with Gasteiger partial charge in [-0.1, -0.05) is 55.1 Å². The van der Waals surface area contributed by atoms with Crippen LogP contribution in [0.1, 0.15) is 43.2 Å². The van der Waals surface area contributed by atoms with Crippen LogP contribution in [0.5, 0.6) is 0 Å². The molecule has 0 radical (unpaired) electrons. The fraction of sp³-hybridized carbons (Fsp3) is 0.308. The highest BCUT2D eigenvalue weighted by Crippen LogP contribution is 2.39. The van der Waals surface area contributed by atoms with Crippen LogP contribution < -0.4 is 16.0 Å². The molecule has 3 aromatic rings. The van der Waals surface area contributed by atoms with Gasteiger partial charge in [0.25, 0.3) is 0 Å². The van der Waals surface area contributed by atoms with Crippen molar-refractivity contribution in [1.29, 1.82) is 0 Å². The molecule has 1 heterocycles. The van der Waals surface area contributed by atoms with Crippen LogP contribution in [0.3, 0.4) is 0 Å². The van der Waals surface area contributed by atoms with Gasteiger partial charge in [-0.25, -0.2) is 4.98 Å². The van der Waals surface area contributed by atoms with E-state index >= 15 is 0 Å². The Morgan fingerprint density at radius 2 is 1.78 bits per heavy atom. The average Bonchev–Trinajstić information content (AvgIpc) is 2.80. The molecule has 0 amide bonds. The summed E-state index contributed by atoms with van der Waals surface area (Å²) in [4.78, 5) is 4.50. The van der Waals surface area contributed by atoms with Gasteiger partial charge in [0.2, 0.25) is 0 Å². The average molecular weight is 465 g/mol. The minimum Gasteiger partial charge on any atom is -0.362 e. The standard InChI is InChI=1S/C26H29ClN4S/c1-19-6-5-7-22(16-19)30-24-13-12-23(17-28-24)31-25(32)29-18-26(14-3-2-4-15-26)20-8-10-21(27)11-9-20/h5-13,16-17H,2-4,14-15,18H2,1H3,(H,28,30)(H2,29,31,32). The molecule has 1 saturated carbocycles. The molecule has 0 atom stereocenters. The summed E-state index contributed by atoms with van der Waals surface area (Å²) in [6.45, 7) is 2.88. The molecule has 1 aromatic heterocycles. The molecule has 0 aliphatic heterocycles. The largest absolute Gasteiger partial charge is 0.362 e. The van der Waals surface area contributed by atoms with E-state index in [1.165, 1.54) is 30.4 Å². The summed E-state index contributed by atoms with van der Waals surface area (Å²) < 4.78 is 0. The molecule has 0 spiro atoms. The molecule has 166 valence electrons. The van der Waals surface area contributed by atoms with E-state index in [1.807, 2.05) is 36.4 Å². The van der Waals surface area contributed by atoms with E-state index in [9.17, 15) is 0 Å². The molecule has 1 aliphatic rings. The Hall–Kier alpha value is -2.63. The molecular weight excluding hydrogens is 436 g/mol. The van der Waals surface area contributed by atoms with E-state index in [0.29, 0.717) is 5.11 Å². The first-order valence-electron chi connectivity index (χ1n) is 11.1. The highest BCUT2D eigenvalue weighted by atomic mass is 35.5. The Bertz CT molecular complexity index is 1040. The third-order valence-corrected chi connectivity index (χ3v) is 6.66. The Balaban J connectivity index is 1.35. The number of benzene rings is 2. The number of halogens is 1. The van der Waals surface area contributed by atoms with Crippen molar-refractivity contribution in [3.05, 3.63) is 83.0 Å². The van der Waals surface area contributed by atoms with Crippen molar-refractivity contribution in [2.45, 2.75) is 44.4 Å². The molecular formula is C26H29ClN4S. The van der Waals surface area contributed by atoms with Crippen molar-refractivity contribution in [2.24, 2.45) is 0 Å². The predicted molar refractivity (Wildman–Crippen MR) is 139 cm³/mol. The van der Waals surface area contributed by atoms with Crippen LogP contribution in [-0.2, 0) is 5.41 Å². The summed E-state index contributed by atoms with van der Waals surface area (Å²) in [5.41, 5.74) is 4.52. The Morgan fingerprint density at radius 3 is 2.47 bits per heavy atom. The first kappa shape index (κ1) is 22.6. The minimum atomic E-state index is 0.0917. The second-order valence-electron chi connectivity index (χ2n) is 8.58. The monoisotopic (exact) mass is 464 g/mol. The lowest BCUT2D eigenvalue weighted by Crippen LogP contribution is -2.43. The molecule has 32 heavy (non-hydrogen) atoms. The lowest BCUT2D eigenvalue weighted by Gasteiger charge is -2.38.